The van der Waals surface area contributed by atoms with E-state index in [2.05, 4.69) is 15.5 Å². The first-order valence-corrected chi connectivity index (χ1v) is 8.52. The molecule has 10 heteroatoms. The molecule has 1 amide bonds. The Bertz CT molecular complexity index is 841. The molecule has 0 aliphatic carbocycles. The van der Waals surface area contributed by atoms with Crippen molar-refractivity contribution in [2.45, 2.75) is 18.2 Å². The molecule has 3 rings (SSSR count). The third kappa shape index (κ3) is 4.02. The number of carbonyl (C=O) groups is 1. The second-order valence-corrected chi connectivity index (χ2v) is 6.28. The molecule has 0 saturated heterocycles. The van der Waals surface area contributed by atoms with E-state index in [0.29, 0.717) is 24.7 Å². The number of fused-ring (bicyclic) bond motifs is 1. The summed E-state index contributed by atoms with van der Waals surface area (Å²) in [4.78, 5) is 23.6. The summed E-state index contributed by atoms with van der Waals surface area (Å²) < 4.78 is 12.2. The maximum absolute atomic E-state index is 12.0. The zero-order chi connectivity index (χ0) is 17.8. The van der Waals surface area contributed by atoms with Crippen LogP contribution in [0.2, 0.25) is 0 Å². The van der Waals surface area contributed by atoms with Crippen LogP contribution in [0.1, 0.15) is 5.69 Å². The Kier molecular flexibility index (Phi) is 5.08. The van der Waals surface area contributed by atoms with Crippen LogP contribution in [-0.2, 0) is 4.79 Å². The molecule has 2 heterocycles. The van der Waals surface area contributed by atoms with Crippen molar-refractivity contribution in [3.05, 3.63) is 40.3 Å². The molecule has 132 valence electrons. The summed E-state index contributed by atoms with van der Waals surface area (Å²) >= 11 is 1.03. The van der Waals surface area contributed by atoms with Gasteiger partial charge in [-0.2, -0.15) is 4.68 Å². The van der Waals surface area contributed by atoms with E-state index in [9.17, 15) is 9.59 Å². The fourth-order valence-electron chi connectivity index (χ4n) is 2.14. The van der Waals surface area contributed by atoms with Crippen LogP contribution in [0.3, 0.4) is 0 Å². The van der Waals surface area contributed by atoms with E-state index in [1.54, 1.807) is 0 Å². The SMILES string of the molecule is Cc1nnc(SCC(=O)NC[C@H]2COc3ccccc3O2)n(N)c1=O. The first-order chi connectivity index (χ1) is 12.0. The standard InChI is InChI=1S/C15H17N5O4S/c1-9-14(22)20(16)15(19-18-9)25-8-13(21)17-6-10-7-23-11-4-2-3-5-12(11)24-10/h2-5,10H,6-8,16H2,1H3,(H,17,21)/t10-/m0/s1. The van der Waals surface area contributed by atoms with E-state index in [1.807, 2.05) is 24.3 Å². The number of thioether (sulfide) groups is 1. The molecule has 0 unspecified atom stereocenters. The third-order valence-electron chi connectivity index (χ3n) is 3.45. The van der Waals surface area contributed by atoms with Crippen LogP contribution in [-0.4, -0.2) is 45.8 Å². The Morgan fingerprint density at radius 1 is 1.40 bits per heavy atom. The van der Waals surface area contributed by atoms with E-state index in [4.69, 9.17) is 15.3 Å². The fraction of sp³-hybridized carbons (Fsp3) is 0.333. The molecule has 1 aromatic heterocycles. The summed E-state index contributed by atoms with van der Waals surface area (Å²) in [6.45, 7) is 2.18. The van der Waals surface area contributed by atoms with E-state index in [1.165, 1.54) is 6.92 Å². The van der Waals surface area contributed by atoms with Gasteiger partial charge in [-0.1, -0.05) is 23.9 Å². The van der Waals surface area contributed by atoms with Gasteiger partial charge >= 0.3 is 0 Å². The Hall–Kier alpha value is -2.75. The number of aromatic nitrogens is 3. The lowest BCUT2D eigenvalue weighted by molar-refractivity contribution is -0.119. The van der Waals surface area contributed by atoms with E-state index in [0.717, 1.165) is 16.4 Å². The first kappa shape index (κ1) is 17.1. The van der Waals surface area contributed by atoms with Gasteiger partial charge in [0.05, 0.1) is 12.3 Å². The Labute approximate surface area is 147 Å². The van der Waals surface area contributed by atoms with Gasteiger partial charge in [-0.05, 0) is 19.1 Å². The van der Waals surface area contributed by atoms with Gasteiger partial charge in [-0.15, -0.1) is 10.2 Å². The van der Waals surface area contributed by atoms with Crippen molar-refractivity contribution < 1.29 is 14.3 Å². The van der Waals surface area contributed by atoms with Gasteiger partial charge in [0.2, 0.25) is 11.1 Å². The average Bonchev–Trinajstić information content (AvgIpc) is 2.63. The molecule has 0 radical (unpaired) electrons. The van der Waals surface area contributed by atoms with Crippen LogP contribution in [0, 0.1) is 6.92 Å². The second-order valence-electron chi connectivity index (χ2n) is 5.33. The predicted octanol–water partition coefficient (Wildman–Crippen LogP) is -0.291. The Morgan fingerprint density at radius 3 is 2.96 bits per heavy atom. The molecular formula is C15H17N5O4S. The molecule has 0 saturated carbocycles. The van der Waals surface area contributed by atoms with Crippen molar-refractivity contribution in [1.82, 2.24) is 20.2 Å². The zero-order valence-electron chi connectivity index (χ0n) is 13.5. The number of para-hydroxylation sites is 2. The highest BCUT2D eigenvalue weighted by Gasteiger charge is 2.21. The van der Waals surface area contributed by atoms with Crippen molar-refractivity contribution in [1.29, 1.82) is 0 Å². The van der Waals surface area contributed by atoms with Crippen LogP contribution in [0.25, 0.3) is 0 Å². The fourth-order valence-corrected chi connectivity index (χ4v) is 2.82. The number of nitrogens with one attached hydrogen (secondary N) is 1. The smallest absolute Gasteiger partial charge is 0.294 e. The number of nitrogen functional groups attached to an aromatic ring is 1. The lowest BCUT2D eigenvalue weighted by atomic mass is 10.2. The predicted molar refractivity (Wildman–Crippen MR) is 91.3 cm³/mol. The van der Waals surface area contributed by atoms with Crippen LogP contribution >= 0.6 is 11.8 Å². The van der Waals surface area contributed by atoms with Crippen molar-refractivity contribution in [2.75, 3.05) is 24.7 Å². The minimum atomic E-state index is -0.440. The maximum Gasteiger partial charge on any atom is 0.294 e. The topological polar surface area (TPSA) is 121 Å². The van der Waals surface area contributed by atoms with Crippen molar-refractivity contribution in [3.8, 4) is 11.5 Å². The number of nitrogens with zero attached hydrogens (tertiary/aromatic N) is 3. The van der Waals surface area contributed by atoms with Crippen LogP contribution in [0.5, 0.6) is 11.5 Å². The number of ether oxygens (including phenoxy) is 2. The highest BCUT2D eigenvalue weighted by Crippen LogP contribution is 2.30. The van der Waals surface area contributed by atoms with Crippen LogP contribution < -0.4 is 26.2 Å². The molecule has 25 heavy (non-hydrogen) atoms. The first-order valence-electron chi connectivity index (χ1n) is 7.54. The number of hydrogen-bond donors (Lipinski definition) is 2. The summed E-state index contributed by atoms with van der Waals surface area (Å²) in [6, 6.07) is 7.37. The number of hydrogen-bond acceptors (Lipinski definition) is 8. The lowest BCUT2D eigenvalue weighted by Gasteiger charge is -2.26. The van der Waals surface area contributed by atoms with Gasteiger partial charge in [0.1, 0.15) is 18.4 Å². The molecule has 0 fully saturated rings. The zero-order valence-corrected chi connectivity index (χ0v) is 14.3. The number of nitrogens with two attached hydrogens (primary N) is 1. The molecule has 0 bridgehead atoms. The van der Waals surface area contributed by atoms with Gasteiger partial charge < -0.3 is 20.6 Å². The van der Waals surface area contributed by atoms with Gasteiger partial charge in [-0.3, -0.25) is 9.59 Å². The molecule has 9 nitrogen and oxygen atoms in total. The summed E-state index contributed by atoms with van der Waals surface area (Å²) in [5.74, 6) is 6.79. The minimum absolute atomic E-state index is 0.0541. The molecule has 3 N–H and O–H groups in total. The van der Waals surface area contributed by atoms with Gasteiger partial charge in [0.15, 0.2) is 11.5 Å². The molecule has 1 aliphatic rings. The third-order valence-corrected chi connectivity index (χ3v) is 4.39. The average molecular weight is 363 g/mol. The highest BCUT2D eigenvalue weighted by molar-refractivity contribution is 7.99. The van der Waals surface area contributed by atoms with Crippen molar-refractivity contribution in [3.63, 3.8) is 0 Å². The number of aryl methyl sites for hydroxylation is 1. The quantitative estimate of drug-likeness (QED) is 0.549. The Morgan fingerprint density at radius 2 is 2.16 bits per heavy atom. The normalized spacial score (nSPS) is 15.6. The maximum atomic E-state index is 12.0. The van der Waals surface area contributed by atoms with Crippen LogP contribution in [0.15, 0.2) is 34.2 Å². The number of carbonyl (C=O) groups excluding carboxylic acids is 1. The van der Waals surface area contributed by atoms with E-state index in [-0.39, 0.29) is 28.6 Å². The van der Waals surface area contributed by atoms with Gasteiger partial charge in [-0.25, -0.2) is 0 Å². The minimum Gasteiger partial charge on any atom is -0.486 e. The number of benzene rings is 1. The largest absolute Gasteiger partial charge is 0.486 e. The molecule has 1 atom stereocenters. The summed E-state index contributed by atoms with van der Waals surface area (Å²) in [7, 11) is 0. The summed E-state index contributed by atoms with van der Waals surface area (Å²) in [5.41, 5.74) is -0.240. The summed E-state index contributed by atoms with van der Waals surface area (Å²) in [6.07, 6.45) is -0.268. The van der Waals surface area contributed by atoms with E-state index >= 15 is 0 Å². The molecular weight excluding hydrogens is 346 g/mol. The van der Waals surface area contributed by atoms with Crippen molar-refractivity contribution in [2.24, 2.45) is 0 Å². The van der Waals surface area contributed by atoms with Gasteiger partial charge in [0.25, 0.3) is 5.56 Å². The molecule has 1 aromatic carbocycles. The number of rotatable bonds is 5. The van der Waals surface area contributed by atoms with Crippen molar-refractivity contribution >= 4 is 17.7 Å². The number of amides is 1. The Balaban J connectivity index is 1.48. The summed E-state index contributed by atoms with van der Waals surface area (Å²) in [5, 5.41) is 10.5. The lowest BCUT2D eigenvalue weighted by Crippen LogP contribution is -2.41. The second kappa shape index (κ2) is 7.43. The molecule has 2 aromatic rings. The molecule has 1 aliphatic heterocycles. The highest BCUT2D eigenvalue weighted by atomic mass is 32.2. The van der Waals surface area contributed by atoms with Gasteiger partial charge in [0, 0.05) is 0 Å². The monoisotopic (exact) mass is 363 g/mol. The van der Waals surface area contributed by atoms with Crippen LogP contribution in [0.4, 0.5) is 0 Å². The molecule has 0 spiro atoms. The van der Waals surface area contributed by atoms with E-state index < -0.39 is 5.56 Å².